The van der Waals surface area contributed by atoms with Gasteiger partial charge in [-0.15, -0.1) is 0 Å². The first-order valence-corrected chi connectivity index (χ1v) is 12.9. The van der Waals surface area contributed by atoms with Crippen molar-refractivity contribution in [2.24, 2.45) is 0 Å². The Kier molecular flexibility index (Phi) is 7.69. The van der Waals surface area contributed by atoms with Crippen molar-refractivity contribution >= 4 is 28.4 Å². The highest BCUT2D eigenvalue weighted by Crippen LogP contribution is 2.32. The van der Waals surface area contributed by atoms with E-state index >= 15 is 0 Å². The summed E-state index contributed by atoms with van der Waals surface area (Å²) in [4.78, 5) is 28.6. The molecule has 1 fully saturated rings. The zero-order valence-corrected chi connectivity index (χ0v) is 22.2. The number of benzene rings is 2. The van der Waals surface area contributed by atoms with Gasteiger partial charge in [-0.25, -0.2) is 14.6 Å². The van der Waals surface area contributed by atoms with Gasteiger partial charge in [-0.1, -0.05) is 18.2 Å². The van der Waals surface area contributed by atoms with Crippen LogP contribution in [0.4, 0.5) is 11.5 Å². The van der Waals surface area contributed by atoms with E-state index in [0.717, 1.165) is 73.1 Å². The molecule has 10 heteroatoms. The summed E-state index contributed by atoms with van der Waals surface area (Å²) in [5.41, 5.74) is 3.32. The van der Waals surface area contributed by atoms with E-state index in [-0.39, 0.29) is 5.91 Å². The zero-order chi connectivity index (χ0) is 26.5. The minimum atomic E-state index is -0.0647. The van der Waals surface area contributed by atoms with Gasteiger partial charge in [0.2, 0.25) is 0 Å². The van der Waals surface area contributed by atoms with Crippen molar-refractivity contribution in [3.05, 3.63) is 66.6 Å². The van der Waals surface area contributed by atoms with Crippen LogP contribution in [0.2, 0.25) is 0 Å². The fraction of sp³-hybridized carbons (Fsp3) is 0.357. The normalized spacial score (nSPS) is 13.8. The van der Waals surface area contributed by atoms with Gasteiger partial charge in [0.15, 0.2) is 5.65 Å². The number of carbonyl (C=O) groups excluding carboxylic acids is 1. The highest BCUT2D eigenvalue weighted by atomic mass is 16.5. The predicted octanol–water partition coefficient (Wildman–Crippen LogP) is 2.83. The van der Waals surface area contributed by atoms with Gasteiger partial charge in [-0.05, 0) is 57.4 Å². The average Bonchev–Trinajstić information content (AvgIpc) is 3.40. The number of ether oxygens (including phenoxy) is 1. The van der Waals surface area contributed by atoms with Crippen molar-refractivity contribution in [3.63, 3.8) is 0 Å². The Bertz CT molecular complexity index is 1380. The molecular weight excluding hydrogens is 480 g/mol. The summed E-state index contributed by atoms with van der Waals surface area (Å²) in [5.74, 6) is 1.58. The minimum Gasteiger partial charge on any atom is -0.495 e. The molecule has 0 atom stereocenters. The van der Waals surface area contributed by atoms with Gasteiger partial charge in [-0.2, -0.15) is 5.10 Å². The first kappa shape index (κ1) is 25.5. The van der Waals surface area contributed by atoms with Crippen molar-refractivity contribution in [1.82, 2.24) is 30.0 Å². The maximum absolute atomic E-state index is 12.8. The van der Waals surface area contributed by atoms with Crippen LogP contribution in [-0.4, -0.2) is 91.0 Å². The number of fused-ring (bicyclic) bond motifs is 1. The SMILES string of the molecule is COc1ccc(C(=O)NCCCN(C)C)cc1N1CCN(c2ncnc3c2cnn3-c2ccccc2)CC1. The fourth-order valence-corrected chi connectivity index (χ4v) is 4.78. The Morgan fingerprint density at radius 3 is 2.53 bits per heavy atom. The van der Waals surface area contributed by atoms with E-state index in [0.29, 0.717) is 12.1 Å². The van der Waals surface area contributed by atoms with Gasteiger partial charge in [0, 0.05) is 38.3 Å². The Morgan fingerprint density at radius 2 is 1.79 bits per heavy atom. The lowest BCUT2D eigenvalue weighted by Gasteiger charge is -2.37. The van der Waals surface area contributed by atoms with Crippen LogP contribution in [0, 0.1) is 0 Å². The Labute approximate surface area is 222 Å². The molecule has 1 amide bonds. The number of hydrogen-bond acceptors (Lipinski definition) is 8. The van der Waals surface area contributed by atoms with Crippen LogP contribution in [0.15, 0.2) is 61.1 Å². The van der Waals surface area contributed by atoms with Crippen LogP contribution >= 0.6 is 0 Å². The lowest BCUT2D eigenvalue weighted by molar-refractivity contribution is 0.0952. The molecule has 38 heavy (non-hydrogen) atoms. The Morgan fingerprint density at radius 1 is 1.03 bits per heavy atom. The van der Waals surface area contributed by atoms with E-state index in [4.69, 9.17) is 4.74 Å². The molecule has 0 saturated carbocycles. The third-order valence-electron chi connectivity index (χ3n) is 6.77. The van der Waals surface area contributed by atoms with E-state index in [2.05, 4.69) is 35.1 Å². The number of piperazine rings is 1. The highest BCUT2D eigenvalue weighted by molar-refractivity contribution is 5.95. The summed E-state index contributed by atoms with van der Waals surface area (Å²) in [6, 6.07) is 15.6. The maximum atomic E-state index is 12.8. The predicted molar refractivity (Wildman–Crippen MR) is 150 cm³/mol. The fourth-order valence-electron chi connectivity index (χ4n) is 4.78. The summed E-state index contributed by atoms with van der Waals surface area (Å²) >= 11 is 0. The number of anilines is 2. The molecule has 5 rings (SSSR count). The van der Waals surface area contributed by atoms with Crippen molar-refractivity contribution in [1.29, 1.82) is 0 Å². The lowest BCUT2D eigenvalue weighted by Crippen LogP contribution is -2.47. The number of rotatable bonds is 9. The second-order valence-electron chi connectivity index (χ2n) is 9.60. The molecule has 10 nitrogen and oxygen atoms in total. The largest absolute Gasteiger partial charge is 0.495 e. The molecule has 4 aromatic rings. The molecule has 1 aliphatic heterocycles. The van der Waals surface area contributed by atoms with Gasteiger partial charge in [0.05, 0.1) is 30.1 Å². The summed E-state index contributed by atoms with van der Waals surface area (Å²) in [7, 11) is 5.73. The molecule has 3 heterocycles. The molecule has 1 N–H and O–H groups in total. The molecule has 2 aromatic heterocycles. The average molecular weight is 515 g/mol. The summed E-state index contributed by atoms with van der Waals surface area (Å²) < 4.78 is 7.49. The third-order valence-corrected chi connectivity index (χ3v) is 6.77. The van der Waals surface area contributed by atoms with Crippen molar-refractivity contribution in [3.8, 4) is 11.4 Å². The number of nitrogens with one attached hydrogen (secondary N) is 1. The number of aromatic nitrogens is 4. The van der Waals surface area contributed by atoms with Gasteiger partial charge >= 0.3 is 0 Å². The van der Waals surface area contributed by atoms with E-state index < -0.39 is 0 Å². The first-order chi connectivity index (χ1) is 18.5. The molecule has 0 aliphatic carbocycles. The second kappa shape index (κ2) is 11.5. The molecule has 0 unspecified atom stereocenters. The van der Waals surface area contributed by atoms with E-state index in [9.17, 15) is 4.79 Å². The van der Waals surface area contributed by atoms with Crippen LogP contribution in [0.5, 0.6) is 5.75 Å². The van der Waals surface area contributed by atoms with Gasteiger partial charge in [-0.3, -0.25) is 4.79 Å². The van der Waals surface area contributed by atoms with Crippen molar-refractivity contribution < 1.29 is 9.53 Å². The third kappa shape index (κ3) is 5.40. The van der Waals surface area contributed by atoms with Crippen LogP contribution < -0.4 is 19.9 Å². The smallest absolute Gasteiger partial charge is 0.251 e. The number of para-hydroxylation sites is 1. The van der Waals surface area contributed by atoms with Crippen molar-refractivity contribution in [2.75, 3.05) is 70.3 Å². The lowest BCUT2D eigenvalue weighted by atomic mass is 10.1. The minimum absolute atomic E-state index is 0.0647. The summed E-state index contributed by atoms with van der Waals surface area (Å²) in [5, 5.41) is 8.54. The molecule has 198 valence electrons. The molecular formula is C28H34N8O2. The van der Waals surface area contributed by atoms with E-state index in [1.54, 1.807) is 13.4 Å². The van der Waals surface area contributed by atoms with Crippen LogP contribution in [0.3, 0.4) is 0 Å². The summed E-state index contributed by atoms with van der Waals surface area (Å²) in [6.45, 7) is 4.65. The standard InChI is InChI=1S/C28H34N8O2/c1-33(2)13-7-12-29-28(37)21-10-11-25(38-3)24(18-21)34-14-16-35(17-15-34)26-23-19-32-36(27(23)31-20-30-26)22-8-5-4-6-9-22/h4-6,8-11,18-20H,7,12-17H2,1-3H3,(H,29,37). The molecule has 1 aliphatic rings. The Hall–Kier alpha value is -4.18. The monoisotopic (exact) mass is 514 g/mol. The van der Waals surface area contributed by atoms with Crippen LogP contribution in [0.1, 0.15) is 16.8 Å². The summed E-state index contributed by atoms with van der Waals surface area (Å²) in [6.07, 6.45) is 4.35. The number of methoxy groups -OCH3 is 1. The zero-order valence-electron chi connectivity index (χ0n) is 22.2. The van der Waals surface area contributed by atoms with Gasteiger partial charge in [0.1, 0.15) is 17.9 Å². The topological polar surface area (TPSA) is 91.7 Å². The van der Waals surface area contributed by atoms with Gasteiger partial charge in [0.25, 0.3) is 5.91 Å². The van der Waals surface area contributed by atoms with Crippen molar-refractivity contribution in [2.45, 2.75) is 6.42 Å². The molecule has 2 aromatic carbocycles. The quantitative estimate of drug-likeness (QED) is 0.341. The molecule has 0 bridgehead atoms. The number of hydrogen-bond donors (Lipinski definition) is 1. The van der Waals surface area contributed by atoms with Gasteiger partial charge < -0.3 is 24.8 Å². The van der Waals surface area contributed by atoms with Crippen LogP contribution in [0.25, 0.3) is 16.7 Å². The number of carbonyl (C=O) groups is 1. The number of nitrogens with zero attached hydrogens (tertiary/aromatic N) is 7. The van der Waals surface area contributed by atoms with E-state index in [1.807, 2.05) is 73.5 Å². The Balaban J connectivity index is 1.29. The molecule has 0 radical (unpaired) electrons. The first-order valence-electron chi connectivity index (χ1n) is 12.9. The number of amides is 1. The van der Waals surface area contributed by atoms with Crippen LogP contribution in [-0.2, 0) is 0 Å². The second-order valence-corrected chi connectivity index (χ2v) is 9.60. The molecule has 1 saturated heterocycles. The highest BCUT2D eigenvalue weighted by Gasteiger charge is 2.24. The van der Waals surface area contributed by atoms with E-state index in [1.165, 1.54) is 0 Å². The maximum Gasteiger partial charge on any atom is 0.251 e. The molecule has 0 spiro atoms.